The zero-order valence-corrected chi connectivity index (χ0v) is 13.6. The van der Waals surface area contributed by atoms with Gasteiger partial charge in [-0.3, -0.25) is 0 Å². The van der Waals surface area contributed by atoms with Crippen molar-refractivity contribution in [2.24, 2.45) is 5.41 Å². The molecule has 2 amide bonds. The Morgan fingerprint density at radius 2 is 2.10 bits per heavy atom. The number of rotatable bonds is 3. The van der Waals surface area contributed by atoms with E-state index in [9.17, 15) is 9.90 Å². The molecule has 2 N–H and O–H groups in total. The van der Waals surface area contributed by atoms with Gasteiger partial charge < -0.3 is 20.1 Å². The summed E-state index contributed by atoms with van der Waals surface area (Å²) in [5.41, 5.74) is 0.412. The van der Waals surface area contributed by atoms with Gasteiger partial charge in [0, 0.05) is 12.6 Å². The Balaban J connectivity index is 1.86. The Morgan fingerprint density at radius 1 is 1.43 bits per heavy atom. The van der Waals surface area contributed by atoms with Gasteiger partial charge in [0.1, 0.15) is 0 Å². The third-order valence-electron chi connectivity index (χ3n) is 4.77. The summed E-state index contributed by atoms with van der Waals surface area (Å²) in [4.78, 5) is 14.3. The second kappa shape index (κ2) is 6.97. The smallest absolute Gasteiger partial charge is 0.318 e. The number of carbonyl (C=O) groups is 1. The van der Waals surface area contributed by atoms with E-state index in [0.717, 1.165) is 25.7 Å². The molecule has 1 saturated heterocycles. The predicted molar refractivity (Wildman–Crippen MR) is 82.2 cm³/mol. The largest absolute Gasteiger partial charge is 0.393 e. The first kappa shape index (κ1) is 16.6. The van der Waals surface area contributed by atoms with Crippen LogP contribution in [0.2, 0.25) is 0 Å². The number of carbonyl (C=O) groups excluding carboxylic acids is 1. The molecule has 1 heterocycles. The van der Waals surface area contributed by atoms with Crippen LogP contribution in [0.5, 0.6) is 0 Å². The van der Waals surface area contributed by atoms with E-state index in [2.05, 4.69) is 19.2 Å². The molecule has 122 valence electrons. The molecule has 1 aliphatic heterocycles. The van der Waals surface area contributed by atoms with Crippen LogP contribution in [0.3, 0.4) is 0 Å². The second-order valence-electron chi connectivity index (χ2n) is 7.39. The number of nitrogens with one attached hydrogen (secondary N) is 1. The fraction of sp³-hybridized carbons (Fsp3) is 0.938. The molecule has 0 aromatic rings. The highest BCUT2D eigenvalue weighted by molar-refractivity contribution is 5.75. The van der Waals surface area contributed by atoms with Crippen molar-refractivity contribution in [2.75, 3.05) is 19.8 Å². The lowest BCUT2D eigenvalue weighted by Gasteiger charge is -2.39. The van der Waals surface area contributed by atoms with Crippen LogP contribution in [0.25, 0.3) is 0 Å². The molecule has 21 heavy (non-hydrogen) atoms. The third-order valence-corrected chi connectivity index (χ3v) is 4.77. The normalized spacial score (nSPS) is 28.2. The summed E-state index contributed by atoms with van der Waals surface area (Å²) in [6.45, 7) is 8.07. The molecule has 2 fully saturated rings. The minimum atomic E-state index is -0.414. The van der Waals surface area contributed by atoms with E-state index >= 15 is 0 Å². The van der Waals surface area contributed by atoms with E-state index in [1.165, 1.54) is 0 Å². The number of aliphatic hydroxyl groups is 1. The van der Waals surface area contributed by atoms with Gasteiger partial charge in [-0.2, -0.15) is 0 Å². The van der Waals surface area contributed by atoms with Gasteiger partial charge in [-0.05, 0) is 44.4 Å². The number of morpholine rings is 1. The van der Waals surface area contributed by atoms with Crippen molar-refractivity contribution >= 4 is 6.03 Å². The summed E-state index contributed by atoms with van der Waals surface area (Å²) in [5.74, 6) is 0. The highest BCUT2D eigenvalue weighted by atomic mass is 16.5. The SMILES string of the molecule is C[C@H](O)C[C@H]1COCCN1C(=O)NC1CCC(C)(C)CC1. The maximum atomic E-state index is 12.5. The molecule has 0 aromatic carbocycles. The Kier molecular flexibility index (Phi) is 5.49. The Bertz CT molecular complexity index is 347. The van der Waals surface area contributed by atoms with Gasteiger partial charge in [0.25, 0.3) is 0 Å². The van der Waals surface area contributed by atoms with Crippen molar-refractivity contribution in [2.45, 2.75) is 71.1 Å². The number of hydrogen-bond acceptors (Lipinski definition) is 3. The van der Waals surface area contributed by atoms with E-state index in [1.807, 2.05) is 4.90 Å². The van der Waals surface area contributed by atoms with Crippen LogP contribution in [0, 0.1) is 5.41 Å². The number of ether oxygens (including phenoxy) is 1. The molecule has 0 bridgehead atoms. The molecule has 2 atom stereocenters. The molecule has 0 radical (unpaired) electrons. The minimum Gasteiger partial charge on any atom is -0.393 e. The summed E-state index contributed by atoms with van der Waals surface area (Å²) >= 11 is 0. The Labute approximate surface area is 128 Å². The predicted octanol–water partition coefficient (Wildman–Crippen LogP) is 2.14. The van der Waals surface area contributed by atoms with Crippen LogP contribution in [0.15, 0.2) is 0 Å². The van der Waals surface area contributed by atoms with E-state index in [1.54, 1.807) is 6.92 Å². The first-order valence-corrected chi connectivity index (χ1v) is 8.20. The molecule has 5 nitrogen and oxygen atoms in total. The lowest BCUT2D eigenvalue weighted by molar-refractivity contribution is -0.00527. The minimum absolute atomic E-state index is 0.00801. The second-order valence-corrected chi connectivity index (χ2v) is 7.39. The van der Waals surface area contributed by atoms with E-state index in [0.29, 0.717) is 37.6 Å². The van der Waals surface area contributed by atoms with Gasteiger partial charge >= 0.3 is 6.03 Å². The molecule has 2 aliphatic rings. The first-order chi connectivity index (χ1) is 9.87. The summed E-state index contributed by atoms with van der Waals surface area (Å²) in [6, 6.07) is 0.285. The summed E-state index contributed by atoms with van der Waals surface area (Å²) in [7, 11) is 0. The lowest BCUT2D eigenvalue weighted by atomic mass is 9.75. The number of aliphatic hydroxyl groups excluding tert-OH is 1. The number of amides is 2. The van der Waals surface area contributed by atoms with Crippen LogP contribution in [0.1, 0.15) is 52.9 Å². The molecular formula is C16H30N2O3. The van der Waals surface area contributed by atoms with Crippen LogP contribution in [0.4, 0.5) is 4.79 Å². The van der Waals surface area contributed by atoms with Crippen molar-refractivity contribution in [3.05, 3.63) is 0 Å². The van der Waals surface area contributed by atoms with Crippen LogP contribution in [-0.2, 0) is 4.74 Å². The molecule has 2 rings (SSSR count). The Morgan fingerprint density at radius 3 is 2.71 bits per heavy atom. The van der Waals surface area contributed by atoms with Gasteiger partial charge in [-0.15, -0.1) is 0 Å². The van der Waals surface area contributed by atoms with Crippen molar-refractivity contribution in [3.8, 4) is 0 Å². The first-order valence-electron chi connectivity index (χ1n) is 8.20. The molecule has 1 aliphatic carbocycles. The van der Waals surface area contributed by atoms with Gasteiger partial charge in [-0.1, -0.05) is 13.8 Å². The van der Waals surface area contributed by atoms with E-state index in [4.69, 9.17) is 4.74 Å². The van der Waals surface area contributed by atoms with Gasteiger partial charge in [-0.25, -0.2) is 4.79 Å². The zero-order chi connectivity index (χ0) is 15.5. The lowest BCUT2D eigenvalue weighted by Crippen LogP contribution is -2.55. The highest BCUT2D eigenvalue weighted by Gasteiger charge is 2.32. The molecule has 1 saturated carbocycles. The van der Waals surface area contributed by atoms with Crippen molar-refractivity contribution in [1.29, 1.82) is 0 Å². The zero-order valence-electron chi connectivity index (χ0n) is 13.6. The van der Waals surface area contributed by atoms with Crippen LogP contribution < -0.4 is 5.32 Å². The molecule has 0 unspecified atom stereocenters. The standard InChI is InChI=1S/C16H30N2O3/c1-12(19)10-14-11-21-9-8-18(14)15(20)17-13-4-6-16(2,3)7-5-13/h12-14,19H,4-11H2,1-3H3,(H,17,20)/t12-,14-/m0/s1. The molecular weight excluding hydrogens is 268 g/mol. The van der Waals surface area contributed by atoms with Crippen molar-refractivity contribution in [3.63, 3.8) is 0 Å². The molecule has 0 spiro atoms. The molecule has 5 heteroatoms. The average molecular weight is 298 g/mol. The fourth-order valence-electron chi connectivity index (χ4n) is 3.31. The summed E-state index contributed by atoms with van der Waals surface area (Å²) < 4.78 is 5.45. The third kappa shape index (κ3) is 4.85. The van der Waals surface area contributed by atoms with Crippen molar-refractivity contribution < 1.29 is 14.6 Å². The van der Waals surface area contributed by atoms with Gasteiger partial charge in [0.05, 0.1) is 25.4 Å². The summed E-state index contributed by atoms with van der Waals surface area (Å²) in [6.07, 6.45) is 4.61. The quantitative estimate of drug-likeness (QED) is 0.839. The summed E-state index contributed by atoms with van der Waals surface area (Å²) in [5, 5.41) is 12.7. The number of hydrogen-bond donors (Lipinski definition) is 2. The van der Waals surface area contributed by atoms with Crippen LogP contribution >= 0.6 is 0 Å². The molecule has 0 aromatic heterocycles. The maximum Gasteiger partial charge on any atom is 0.318 e. The monoisotopic (exact) mass is 298 g/mol. The number of nitrogens with zero attached hydrogens (tertiary/aromatic N) is 1. The van der Waals surface area contributed by atoms with Gasteiger partial charge in [0.15, 0.2) is 0 Å². The van der Waals surface area contributed by atoms with Crippen LogP contribution in [-0.4, -0.2) is 54.0 Å². The fourth-order valence-corrected chi connectivity index (χ4v) is 3.31. The van der Waals surface area contributed by atoms with E-state index in [-0.39, 0.29) is 12.1 Å². The van der Waals surface area contributed by atoms with E-state index < -0.39 is 6.10 Å². The topological polar surface area (TPSA) is 61.8 Å². The van der Waals surface area contributed by atoms with Gasteiger partial charge in [0.2, 0.25) is 0 Å². The maximum absolute atomic E-state index is 12.5. The average Bonchev–Trinajstić information content (AvgIpc) is 2.41. The highest BCUT2D eigenvalue weighted by Crippen LogP contribution is 2.35. The Hall–Kier alpha value is -0.810. The van der Waals surface area contributed by atoms with Crippen molar-refractivity contribution in [1.82, 2.24) is 10.2 Å². The number of urea groups is 1.